The first-order chi connectivity index (χ1) is 16.8. The molecule has 3 amide bonds. The molecule has 1 unspecified atom stereocenters. The summed E-state index contributed by atoms with van der Waals surface area (Å²) in [6.07, 6.45) is 0.974. The Morgan fingerprint density at radius 1 is 1.06 bits per heavy atom. The van der Waals surface area contributed by atoms with Crippen molar-refractivity contribution >= 4 is 17.7 Å². The number of nitrogens with zero attached hydrogens (tertiary/aromatic N) is 2. The number of amides is 3. The maximum Gasteiger partial charge on any atom is 0.260 e. The van der Waals surface area contributed by atoms with Crippen molar-refractivity contribution in [2.45, 2.75) is 57.3 Å². The van der Waals surface area contributed by atoms with Gasteiger partial charge in [-0.3, -0.25) is 24.6 Å². The van der Waals surface area contributed by atoms with Gasteiger partial charge >= 0.3 is 0 Å². The minimum absolute atomic E-state index is 0.0418. The number of rotatable bonds is 6. The Morgan fingerprint density at radius 3 is 2.57 bits per heavy atom. The monoisotopic (exact) mass is 483 g/mol. The molecule has 1 atom stereocenters. The molecule has 2 saturated heterocycles. The van der Waals surface area contributed by atoms with Gasteiger partial charge < -0.3 is 9.64 Å². The molecule has 0 bridgehead atoms. The smallest absolute Gasteiger partial charge is 0.260 e. The molecule has 2 fully saturated rings. The second-order valence-electron chi connectivity index (χ2n) is 9.46. The average Bonchev–Trinajstić information content (AvgIpc) is 3.15. The largest absolute Gasteiger partial charge is 0.489 e. The van der Waals surface area contributed by atoms with E-state index in [1.807, 2.05) is 24.3 Å². The molecular weight excluding hydrogens is 456 g/mol. The molecular formula is C26H27F2N3O4. The Balaban J connectivity index is 1.22. The molecule has 3 heterocycles. The van der Waals surface area contributed by atoms with Gasteiger partial charge in [0.05, 0.1) is 13.1 Å². The van der Waals surface area contributed by atoms with Crippen LogP contribution in [0.4, 0.5) is 8.78 Å². The number of piperidine rings is 2. The van der Waals surface area contributed by atoms with Crippen molar-refractivity contribution in [1.82, 2.24) is 15.1 Å². The van der Waals surface area contributed by atoms with Gasteiger partial charge in [0.1, 0.15) is 18.4 Å². The van der Waals surface area contributed by atoms with E-state index in [4.69, 9.17) is 4.74 Å². The number of carbonyl (C=O) groups excluding carboxylic acids is 3. The predicted octanol–water partition coefficient (Wildman–Crippen LogP) is 3.26. The molecule has 184 valence electrons. The van der Waals surface area contributed by atoms with Crippen molar-refractivity contribution in [1.29, 1.82) is 0 Å². The van der Waals surface area contributed by atoms with Crippen LogP contribution in [0.15, 0.2) is 42.5 Å². The summed E-state index contributed by atoms with van der Waals surface area (Å²) >= 11 is 0. The molecule has 2 aromatic rings. The Morgan fingerprint density at radius 2 is 1.83 bits per heavy atom. The van der Waals surface area contributed by atoms with Gasteiger partial charge in [-0.05, 0) is 42.6 Å². The molecule has 0 radical (unpaired) electrons. The van der Waals surface area contributed by atoms with Crippen LogP contribution in [0.2, 0.25) is 0 Å². The lowest BCUT2D eigenvalue weighted by atomic mass is 10.0. The molecule has 0 saturated carbocycles. The fourth-order valence-corrected chi connectivity index (χ4v) is 5.03. The summed E-state index contributed by atoms with van der Waals surface area (Å²) < 4.78 is 33.3. The molecule has 0 aromatic heterocycles. The van der Waals surface area contributed by atoms with Crippen LogP contribution in [-0.2, 0) is 29.3 Å². The Kier molecular flexibility index (Phi) is 6.27. The molecule has 9 heteroatoms. The third-order valence-corrected chi connectivity index (χ3v) is 6.83. The van der Waals surface area contributed by atoms with E-state index in [1.54, 1.807) is 23.1 Å². The van der Waals surface area contributed by atoms with Gasteiger partial charge in [-0.1, -0.05) is 30.3 Å². The van der Waals surface area contributed by atoms with E-state index in [1.165, 1.54) is 4.90 Å². The number of imide groups is 1. The summed E-state index contributed by atoms with van der Waals surface area (Å²) in [7, 11) is 0. The number of nitrogens with one attached hydrogen (secondary N) is 1. The van der Waals surface area contributed by atoms with E-state index in [0.717, 1.165) is 16.7 Å². The van der Waals surface area contributed by atoms with Crippen LogP contribution in [0.25, 0.3) is 0 Å². The maximum absolute atomic E-state index is 13.7. The molecule has 7 nitrogen and oxygen atoms in total. The summed E-state index contributed by atoms with van der Waals surface area (Å²) in [5, 5.41) is 2.31. The van der Waals surface area contributed by atoms with E-state index in [-0.39, 0.29) is 44.4 Å². The normalized spacial score (nSPS) is 22.2. The Hall–Kier alpha value is -3.33. The zero-order valence-corrected chi connectivity index (χ0v) is 19.3. The summed E-state index contributed by atoms with van der Waals surface area (Å²) in [5.41, 5.74) is 3.12. The Labute approximate surface area is 202 Å². The second-order valence-corrected chi connectivity index (χ2v) is 9.46. The van der Waals surface area contributed by atoms with Crippen molar-refractivity contribution < 1.29 is 27.9 Å². The molecule has 3 aliphatic heterocycles. The minimum Gasteiger partial charge on any atom is -0.489 e. The highest BCUT2D eigenvalue weighted by atomic mass is 19.3. The third kappa shape index (κ3) is 5.05. The number of fused-ring (bicyclic) bond motifs is 1. The van der Waals surface area contributed by atoms with Gasteiger partial charge in [-0.15, -0.1) is 0 Å². The minimum atomic E-state index is -2.61. The first kappa shape index (κ1) is 23.4. The lowest BCUT2D eigenvalue weighted by Crippen LogP contribution is -2.52. The SMILES string of the molecule is O=C1CCC(N2Cc3c(OCc4ccc(CN5CCCC(F)(F)C5)cc4)cccc3C2=O)C(=O)N1. The van der Waals surface area contributed by atoms with Crippen LogP contribution in [0.5, 0.6) is 5.75 Å². The fourth-order valence-electron chi connectivity index (χ4n) is 5.03. The molecule has 35 heavy (non-hydrogen) atoms. The highest BCUT2D eigenvalue weighted by Gasteiger charge is 2.40. The molecule has 0 aliphatic carbocycles. The van der Waals surface area contributed by atoms with Gasteiger partial charge in [0, 0.05) is 30.5 Å². The van der Waals surface area contributed by atoms with E-state index in [2.05, 4.69) is 5.32 Å². The molecule has 5 rings (SSSR count). The van der Waals surface area contributed by atoms with Gasteiger partial charge in [-0.25, -0.2) is 8.78 Å². The first-order valence-corrected chi connectivity index (χ1v) is 11.9. The fraction of sp³-hybridized carbons (Fsp3) is 0.423. The van der Waals surface area contributed by atoms with Crippen LogP contribution in [0, 0.1) is 0 Å². The molecule has 3 aliphatic rings. The summed E-state index contributed by atoms with van der Waals surface area (Å²) in [6, 6.07) is 12.3. The summed E-state index contributed by atoms with van der Waals surface area (Å²) in [6.45, 7) is 1.49. The highest BCUT2D eigenvalue weighted by Crippen LogP contribution is 2.34. The molecule has 2 aromatic carbocycles. The van der Waals surface area contributed by atoms with Gasteiger partial charge in [0.25, 0.3) is 11.8 Å². The highest BCUT2D eigenvalue weighted by molar-refractivity contribution is 6.05. The third-order valence-electron chi connectivity index (χ3n) is 6.83. The van der Waals surface area contributed by atoms with Crippen LogP contribution in [-0.4, -0.2) is 52.6 Å². The van der Waals surface area contributed by atoms with Crippen molar-refractivity contribution in [3.05, 3.63) is 64.7 Å². The number of halogens is 2. The van der Waals surface area contributed by atoms with Gasteiger partial charge in [0.15, 0.2) is 0 Å². The Bertz CT molecular complexity index is 1150. The first-order valence-electron chi connectivity index (χ1n) is 11.9. The van der Waals surface area contributed by atoms with Gasteiger partial charge in [-0.2, -0.15) is 0 Å². The zero-order chi connectivity index (χ0) is 24.6. The van der Waals surface area contributed by atoms with Crippen molar-refractivity contribution in [2.24, 2.45) is 0 Å². The van der Waals surface area contributed by atoms with Gasteiger partial charge in [0.2, 0.25) is 11.8 Å². The molecule has 1 N–H and O–H groups in total. The number of likely N-dealkylation sites (tertiary alicyclic amines) is 1. The van der Waals surface area contributed by atoms with E-state index in [9.17, 15) is 23.2 Å². The summed E-state index contributed by atoms with van der Waals surface area (Å²) in [5.74, 6) is -3.05. The van der Waals surface area contributed by atoms with E-state index in [0.29, 0.717) is 37.2 Å². The number of hydrogen-bond acceptors (Lipinski definition) is 5. The van der Waals surface area contributed by atoms with Crippen molar-refractivity contribution in [3.8, 4) is 5.75 Å². The average molecular weight is 484 g/mol. The standard InChI is InChI=1S/C26H27F2N3O4/c27-26(28)11-2-12-30(16-26)13-17-5-7-18(8-6-17)15-35-22-4-1-3-19-20(22)14-31(25(19)34)21-9-10-23(32)29-24(21)33/h1,3-8,21H,2,9-16H2,(H,29,32,33). The van der Waals surface area contributed by atoms with E-state index < -0.39 is 17.9 Å². The number of alkyl halides is 2. The zero-order valence-electron chi connectivity index (χ0n) is 19.3. The topological polar surface area (TPSA) is 79.0 Å². The van der Waals surface area contributed by atoms with E-state index >= 15 is 0 Å². The van der Waals surface area contributed by atoms with Crippen LogP contribution in [0.1, 0.15) is 52.7 Å². The summed E-state index contributed by atoms with van der Waals surface area (Å²) in [4.78, 5) is 40.0. The quantitative estimate of drug-likeness (QED) is 0.639. The van der Waals surface area contributed by atoms with Crippen molar-refractivity contribution in [2.75, 3.05) is 13.1 Å². The number of ether oxygens (including phenoxy) is 1. The second kappa shape index (κ2) is 9.37. The van der Waals surface area contributed by atoms with Crippen LogP contribution < -0.4 is 10.1 Å². The maximum atomic E-state index is 13.7. The van der Waals surface area contributed by atoms with Crippen LogP contribution in [0.3, 0.4) is 0 Å². The lowest BCUT2D eigenvalue weighted by Gasteiger charge is -2.32. The number of hydrogen-bond donors (Lipinski definition) is 1. The van der Waals surface area contributed by atoms with Crippen molar-refractivity contribution in [3.63, 3.8) is 0 Å². The molecule has 0 spiro atoms. The number of benzene rings is 2. The van der Waals surface area contributed by atoms with Crippen LogP contribution >= 0.6 is 0 Å². The number of carbonyl (C=O) groups is 3. The lowest BCUT2D eigenvalue weighted by molar-refractivity contribution is -0.136. The predicted molar refractivity (Wildman–Crippen MR) is 123 cm³/mol.